The Balaban J connectivity index is 1.80. The summed E-state index contributed by atoms with van der Waals surface area (Å²) >= 11 is 1.21. The van der Waals surface area contributed by atoms with Gasteiger partial charge in [-0.3, -0.25) is 4.79 Å². The topological polar surface area (TPSA) is 61.7 Å². The maximum Gasteiger partial charge on any atom is 0.264 e. The van der Waals surface area contributed by atoms with Crippen molar-refractivity contribution >= 4 is 34.6 Å². The number of rotatable bonds is 2. The molecule has 4 nitrogen and oxygen atoms in total. The highest BCUT2D eigenvalue weighted by Crippen LogP contribution is 2.28. The summed E-state index contributed by atoms with van der Waals surface area (Å²) in [6, 6.07) is 12.2. The fourth-order valence-corrected chi connectivity index (χ4v) is 2.68. The Bertz CT molecular complexity index is 768. The predicted octanol–water partition coefficient (Wildman–Crippen LogP) is 3.42. The molecule has 1 aliphatic rings. The molecule has 1 fully saturated rings. The van der Waals surface area contributed by atoms with Crippen molar-refractivity contribution in [3.05, 3.63) is 64.8 Å². The Labute approximate surface area is 130 Å². The van der Waals surface area contributed by atoms with Crippen LogP contribution in [0.5, 0.6) is 5.75 Å². The molecule has 0 radical (unpaired) electrons. The third-order valence-electron chi connectivity index (χ3n) is 2.90. The summed E-state index contributed by atoms with van der Waals surface area (Å²) in [4.78, 5) is 16.7. The maximum atomic E-state index is 12.9. The van der Waals surface area contributed by atoms with Crippen molar-refractivity contribution in [2.45, 2.75) is 0 Å². The minimum atomic E-state index is -0.319. The number of carbonyl (C=O) groups is 1. The Morgan fingerprint density at radius 1 is 1.09 bits per heavy atom. The van der Waals surface area contributed by atoms with Gasteiger partial charge in [0.2, 0.25) is 0 Å². The zero-order chi connectivity index (χ0) is 15.5. The first-order chi connectivity index (χ1) is 10.6. The van der Waals surface area contributed by atoms with E-state index in [2.05, 4.69) is 10.3 Å². The number of hydrogen-bond acceptors (Lipinski definition) is 4. The minimum absolute atomic E-state index is 0.156. The number of thioether (sulfide) groups is 1. The molecular weight excluding hydrogens is 303 g/mol. The third kappa shape index (κ3) is 3.35. The fourth-order valence-electron chi connectivity index (χ4n) is 1.84. The van der Waals surface area contributed by atoms with E-state index >= 15 is 0 Å². The molecule has 1 amide bonds. The second-order valence-electron chi connectivity index (χ2n) is 4.55. The number of aliphatic imine (C=N–C) groups is 1. The van der Waals surface area contributed by atoms with Crippen LogP contribution in [0.25, 0.3) is 6.08 Å². The van der Waals surface area contributed by atoms with Crippen LogP contribution in [0.15, 0.2) is 58.4 Å². The van der Waals surface area contributed by atoms with Crippen molar-refractivity contribution in [1.82, 2.24) is 5.32 Å². The number of hydrogen-bond donors (Lipinski definition) is 2. The van der Waals surface area contributed by atoms with E-state index in [1.54, 1.807) is 30.3 Å². The van der Waals surface area contributed by atoms with Crippen LogP contribution in [0.1, 0.15) is 5.56 Å². The highest BCUT2D eigenvalue weighted by Gasteiger charge is 2.23. The standard InChI is InChI=1S/C16H11FN2O2S/c17-11-3-1-10(2-4-11)9-14-15(21)19-16(22-14)18-12-5-7-13(20)8-6-12/h1-9,20H,(H,18,19,21)/b14-9-. The summed E-state index contributed by atoms with van der Waals surface area (Å²) in [6.07, 6.45) is 1.68. The molecule has 3 rings (SSSR count). The Hall–Kier alpha value is -2.60. The van der Waals surface area contributed by atoms with Crippen LogP contribution in [0.2, 0.25) is 0 Å². The first-order valence-electron chi connectivity index (χ1n) is 6.44. The number of nitrogens with one attached hydrogen (secondary N) is 1. The van der Waals surface area contributed by atoms with Crippen molar-refractivity contribution in [2.24, 2.45) is 4.99 Å². The number of phenols is 1. The molecule has 1 saturated heterocycles. The van der Waals surface area contributed by atoms with Gasteiger partial charge < -0.3 is 10.4 Å². The van der Waals surface area contributed by atoms with E-state index in [4.69, 9.17) is 0 Å². The van der Waals surface area contributed by atoms with Gasteiger partial charge in [0.25, 0.3) is 5.91 Å². The smallest absolute Gasteiger partial charge is 0.264 e. The van der Waals surface area contributed by atoms with Crippen LogP contribution in [-0.2, 0) is 4.79 Å². The Kier molecular flexibility index (Phi) is 3.93. The quantitative estimate of drug-likeness (QED) is 0.835. The molecule has 110 valence electrons. The molecule has 0 unspecified atom stereocenters. The van der Waals surface area contributed by atoms with Gasteiger partial charge in [0.15, 0.2) is 5.17 Å². The van der Waals surface area contributed by atoms with Crippen LogP contribution in [0, 0.1) is 5.82 Å². The summed E-state index contributed by atoms with van der Waals surface area (Å²) in [5.41, 5.74) is 1.37. The molecule has 1 aliphatic heterocycles. The molecule has 2 N–H and O–H groups in total. The molecular formula is C16H11FN2O2S. The SMILES string of the molecule is O=C1NC(=Nc2ccc(O)cc2)S/C1=C\c1ccc(F)cc1. The molecule has 0 saturated carbocycles. The molecule has 0 spiro atoms. The molecule has 2 aromatic rings. The lowest BCUT2D eigenvalue weighted by molar-refractivity contribution is -0.115. The van der Waals surface area contributed by atoms with Gasteiger partial charge in [-0.15, -0.1) is 0 Å². The van der Waals surface area contributed by atoms with Gasteiger partial charge in [-0.05, 0) is 59.8 Å². The molecule has 0 bridgehead atoms. The highest BCUT2D eigenvalue weighted by atomic mass is 32.2. The average molecular weight is 314 g/mol. The van der Waals surface area contributed by atoms with E-state index in [1.165, 1.54) is 36.0 Å². The maximum absolute atomic E-state index is 12.9. The fraction of sp³-hybridized carbons (Fsp3) is 0. The number of amides is 1. The highest BCUT2D eigenvalue weighted by molar-refractivity contribution is 8.18. The van der Waals surface area contributed by atoms with Crippen LogP contribution < -0.4 is 5.32 Å². The molecule has 1 heterocycles. The van der Waals surface area contributed by atoms with Crippen LogP contribution >= 0.6 is 11.8 Å². The van der Waals surface area contributed by atoms with Crippen molar-refractivity contribution in [3.8, 4) is 5.75 Å². The molecule has 2 aromatic carbocycles. The summed E-state index contributed by atoms with van der Waals surface area (Å²) in [5, 5.41) is 12.4. The van der Waals surface area contributed by atoms with Gasteiger partial charge in [0.05, 0.1) is 10.6 Å². The zero-order valence-corrected chi connectivity index (χ0v) is 12.1. The monoisotopic (exact) mass is 314 g/mol. The molecule has 6 heteroatoms. The van der Waals surface area contributed by atoms with Gasteiger partial charge in [0, 0.05) is 0 Å². The summed E-state index contributed by atoms with van der Waals surface area (Å²) < 4.78 is 12.9. The Morgan fingerprint density at radius 2 is 1.77 bits per heavy atom. The lowest BCUT2D eigenvalue weighted by Crippen LogP contribution is -2.19. The van der Waals surface area contributed by atoms with Gasteiger partial charge in [0.1, 0.15) is 11.6 Å². The van der Waals surface area contributed by atoms with Gasteiger partial charge in [-0.2, -0.15) is 0 Å². The number of carbonyl (C=O) groups excluding carboxylic acids is 1. The average Bonchev–Trinajstić information content (AvgIpc) is 2.84. The first kappa shape index (κ1) is 14.3. The van der Waals surface area contributed by atoms with E-state index in [1.807, 2.05) is 0 Å². The number of halogens is 1. The van der Waals surface area contributed by atoms with Gasteiger partial charge in [-0.25, -0.2) is 9.38 Å². The summed E-state index contributed by atoms with van der Waals surface area (Å²) in [6.45, 7) is 0. The number of benzene rings is 2. The summed E-state index contributed by atoms with van der Waals surface area (Å²) in [7, 11) is 0. The summed E-state index contributed by atoms with van der Waals surface area (Å²) in [5.74, 6) is -0.406. The van der Waals surface area contributed by atoms with Crippen LogP contribution in [0.3, 0.4) is 0 Å². The van der Waals surface area contributed by atoms with Crippen LogP contribution in [-0.4, -0.2) is 16.2 Å². The van der Waals surface area contributed by atoms with Crippen molar-refractivity contribution in [2.75, 3.05) is 0 Å². The zero-order valence-electron chi connectivity index (χ0n) is 11.3. The second kappa shape index (κ2) is 6.03. The number of amidine groups is 1. The Morgan fingerprint density at radius 3 is 2.45 bits per heavy atom. The van der Waals surface area contributed by atoms with E-state index in [0.717, 1.165) is 5.56 Å². The molecule has 0 aromatic heterocycles. The van der Waals surface area contributed by atoms with Gasteiger partial charge in [-0.1, -0.05) is 12.1 Å². The molecule has 0 aliphatic carbocycles. The lowest BCUT2D eigenvalue weighted by Gasteiger charge is -1.96. The molecule has 22 heavy (non-hydrogen) atoms. The largest absolute Gasteiger partial charge is 0.508 e. The number of aromatic hydroxyl groups is 1. The number of nitrogens with zero attached hydrogens (tertiary/aromatic N) is 1. The van der Waals surface area contributed by atoms with Gasteiger partial charge >= 0.3 is 0 Å². The van der Waals surface area contributed by atoms with E-state index in [0.29, 0.717) is 15.8 Å². The predicted molar refractivity (Wildman–Crippen MR) is 85.3 cm³/mol. The lowest BCUT2D eigenvalue weighted by atomic mass is 10.2. The van der Waals surface area contributed by atoms with Crippen molar-refractivity contribution in [3.63, 3.8) is 0 Å². The van der Waals surface area contributed by atoms with E-state index < -0.39 is 0 Å². The third-order valence-corrected chi connectivity index (χ3v) is 3.81. The molecule has 0 atom stereocenters. The van der Waals surface area contributed by atoms with Crippen LogP contribution in [0.4, 0.5) is 10.1 Å². The second-order valence-corrected chi connectivity index (χ2v) is 5.58. The van der Waals surface area contributed by atoms with E-state index in [-0.39, 0.29) is 17.5 Å². The van der Waals surface area contributed by atoms with Crippen molar-refractivity contribution < 1.29 is 14.3 Å². The van der Waals surface area contributed by atoms with Crippen molar-refractivity contribution in [1.29, 1.82) is 0 Å². The first-order valence-corrected chi connectivity index (χ1v) is 7.26. The number of phenolic OH excluding ortho intramolecular Hbond substituents is 1. The van der Waals surface area contributed by atoms with E-state index in [9.17, 15) is 14.3 Å². The normalized spacial score (nSPS) is 18.0. The minimum Gasteiger partial charge on any atom is -0.508 e.